The Morgan fingerprint density at radius 3 is 2.50 bits per heavy atom. The van der Waals surface area contributed by atoms with Crippen LogP contribution in [0.3, 0.4) is 0 Å². The summed E-state index contributed by atoms with van der Waals surface area (Å²) in [5.74, 6) is 0.0542. The van der Waals surface area contributed by atoms with E-state index in [0.717, 1.165) is 35.7 Å². The molecule has 0 saturated heterocycles. The number of ether oxygens (including phenoxy) is 2. The fourth-order valence-electron chi connectivity index (χ4n) is 5.39. The van der Waals surface area contributed by atoms with E-state index in [9.17, 15) is 9.59 Å². The first-order valence-corrected chi connectivity index (χ1v) is 13.6. The molecular weight excluding hydrogens is 478 g/mol. The molecule has 3 atom stereocenters. The van der Waals surface area contributed by atoms with Crippen LogP contribution < -0.4 is 5.32 Å². The van der Waals surface area contributed by atoms with Crippen LogP contribution in [0.25, 0.3) is 10.9 Å². The smallest absolute Gasteiger partial charge is 0.410 e. The zero-order valence-electron chi connectivity index (χ0n) is 22.8. The van der Waals surface area contributed by atoms with Crippen LogP contribution in [-0.4, -0.2) is 59.8 Å². The number of benzene rings is 2. The fraction of sp³-hybridized carbons (Fsp3) is 0.484. The van der Waals surface area contributed by atoms with Gasteiger partial charge in [-0.15, -0.1) is 0 Å². The Balaban J connectivity index is 1.28. The number of rotatable bonds is 10. The Morgan fingerprint density at radius 1 is 1.11 bits per heavy atom. The number of aromatic amines is 1. The Labute approximate surface area is 224 Å². The highest BCUT2D eigenvalue weighted by Gasteiger charge is 2.52. The number of aromatic nitrogens is 1. The van der Waals surface area contributed by atoms with Crippen molar-refractivity contribution in [1.29, 1.82) is 0 Å². The molecule has 2 aromatic carbocycles. The van der Waals surface area contributed by atoms with Crippen molar-refractivity contribution in [3.63, 3.8) is 0 Å². The van der Waals surface area contributed by atoms with Crippen LogP contribution in [0.5, 0.6) is 0 Å². The van der Waals surface area contributed by atoms with E-state index in [1.165, 1.54) is 12.7 Å². The van der Waals surface area contributed by atoms with Crippen molar-refractivity contribution in [2.45, 2.75) is 70.1 Å². The largest absolute Gasteiger partial charge is 0.468 e. The minimum Gasteiger partial charge on any atom is -0.468 e. The van der Waals surface area contributed by atoms with Crippen LogP contribution in [0, 0.1) is 5.41 Å². The lowest BCUT2D eigenvalue weighted by Gasteiger charge is -2.31. The molecule has 1 amide bonds. The lowest BCUT2D eigenvalue weighted by atomic mass is 10.0. The molecule has 1 aromatic heterocycles. The molecule has 1 heterocycles. The number of hydrogen-bond donors (Lipinski definition) is 2. The highest BCUT2D eigenvalue weighted by Crippen LogP contribution is 2.51. The van der Waals surface area contributed by atoms with Gasteiger partial charge in [0.2, 0.25) is 0 Å². The van der Waals surface area contributed by atoms with Crippen LogP contribution in [0.15, 0.2) is 60.8 Å². The molecule has 2 saturated carbocycles. The number of carbonyl (C=O) groups excluding carboxylic acids is 2. The topological polar surface area (TPSA) is 83.7 Å². The number of methoxy groups -OCH3 is 1. The number of amides is 1. The van der Waals surface area contributed by atoms with Gasteiger partial charge in [-0.1, -0.05) is 48.5 Å². The molecule has 7 nitrogen and oxygen atoms in total. The molecule has 5 rings (SSSR count). The molecule has 2 fully saturated rings. The molecule has 0 radical (unpaired) electrons. The van der Waals surface area contributed by atoms with Gasteiger partial charge in [0, 0.05) is 54.0 Å². The van der Waals surface area contributed by atoms with E-state index in [2.05, 4.69) is 40.6 Å². The molecule has 202 valence electrons. The summed E-state index contributed by atoms with van der Waals surface area (Å²) in [5, 5.41) is 4.62. The summed E-state index contributed by atoms with van der Waals surface area (Å²) in [5.41, 5.74) is 2.75. The van der Waals surface area contributed by atoms with Gasteiger partial charge in [-0.2, -0.15) is 0 Å². The van der Waals surface area contributed by atoms with Crippen LogP contribution in [0.1, 0.15) is 57.1 Å². The zero-order chi connectivity index (χ0) is 26.9. The Kier molecular flexibility index (Phi) is 7.23. The highest BCUT2D eigenvalue weighted by molar-refractivity contribution is 5.84. The maximum absolute atomic E-state index is 13.4. The van der Waals surface area contributed by atoms with Crippen LogP contribution in [0.2, 0.25) is 0 Å². The average molecular weight is 518 g/mol. The third-order valence-corrected chi connectivity index (χ3v) is 7.78. The number of H-pyrrole nitrogens is 1. The summed E-state index contributed by atoms with van der Waals surface area (Å²) in [7, 11) is 1.43. The van der Waals surface area contributed by atoms with Crippen LogP contribution >= 0.6 is 0 Å². The zero-order valence-corrected chi connectivity index (χ0v) is 22.8. The molecule has 2 N–H and O–H groups in total. The van der Waals surface area contributed by atoms with Gasteiger partial charge in [0.15, 0.2) is 0 Å². The van der Waals surface area contributed by atoms with Gasteiger partial charge in [0.25, 0.3) is 0 Å². The molecule has 3 aromatic rings. The monoisotopic (exact) mass is 517 g/mol. The van der Waals surface area contributed by atoms with Crippen molar-refractivity contribution in [3.8, 4) is 0 Å². The quantitative estimate of drug-likeness (QED) is 0.351. The van der Waals surface area contributed by atoms with Crippen LogP contribution in [-0.2, 0) is 20.7 Å². The van der Waals surface area contributed by atoms with E-state index in [-0.39, 0.29) is 23.5 Å². The summed E-state index contributed by atoms with van der Waals surface area (Å²) >= 11 is 0. The number of fused-ring (bicyclic) bond motifs is 1. The van der Waals surface area contributed by atoms with E-state index in [4.69, 9.17) is 9.47 Å². The van der Waals surface area contributed by atoms with Gasteiger partial charge < -0.3 is 24.7 Å². The van der Waals surface area contributed by atoms with E-state index in [1.54, 1.807) is 0 Å². The third-order valence-electron chi connectivity index (χ3n) is 7.78. The first-order chi connectivity index (χ1) is 18.2. The number of nitrogens with one attached hydrogen (secondary N) is 2. The van der Waals surface area contributed by atoms with Gasteiger partial charge >= 0.3 is 12.1 Å². The lowest BCUT2D eigenvalue weighted by molar-refractivity contribution is -0.143. The average Bonchev–Trinajstić information content (AvgIpc) is 3.81. The predicted molar refractivity (Wildman–Crippen MR) is 148 cm³/mol. The minimum atomic E-state index is -0.559. The number of esters is 1. The number of hydrogen-bond acceptors (Lipinski definition) is 5. The standard InChI is InChI=1S/C31H39N3O4/c1-30(2,3)38-29(36)34(27-17-24(27)21-10-6-5-7-11-21)20-31(14-15-31)19-33-26(28(35)37-4)16-22-18-32-25-13-9-8-12-23(22)25/h5-13,18,24,26-27,32-33H,14-17,19-20H2,1-4H3/t24-,26-,27+/m0/s1. The molecule has 0 spiro atoms. The SMILES string of the molecule is COC(=O)[C@H](Cc1c[nH]c2ccccc12)NCC1(CN(C(=O)OC(C)(C)C)[C@@H]2C[C@H]2c2ccccc2)CC1. The molecule has 2 aliphatic carbocycles. The summed E-state index contributed by atoms with van der Waals surface area (Å²) in [6, 6.07) is 18.2. The van der Waals surface area contributed by atoms with Gasteiger partial charge in [0.1, 0.15) is 11.6 Å². The van der Waals surface area contributed by atoms with E-state index in [1.807, 2.05) is 56.1 Å². The van der Waals surface area contributed by atoms with E-state index < -0.39 is 11.6 Å². The summed E-state index contributed by atoms with van der Waals surface area (Å²) in [6.45, 7) is 6.97. The van der Waals surface area contributed by atoms with Crippen molar-refractivity contribution in [3.05, 3.63) is 71.9 Å². The summed E-state index contributed by atoms with van der Waals surface area (Å²) < 4.78 is 11.0. The van der Waals surface area contributed by atoms with Gasteiger partial charge in [-0.3, -0.25) is 4.79 Å². The second-order valence-electron chi connectivity index (χ2n) is 11.9. The molecule has 38 heavy (non-hydrogen) atoms. The lowest BCUT2D eigenvalue weighted by Crippen LogP contribution is -2.47. The minimum absolute atomic E-state index is 0.0762. The van der Waals surface area contributed by atoms with Crippen molar-refractivity contribution >= 4 is 23.0 Å². The maximum Gasteiger partial charge on any atom is 0.410 e. The molecular formula is C31H39N3O4. The molecule has 2 aliphatic rings. The second kappa shape index (κ2) is 10.4. The normalized spacial score (nSPS) is 20.5. The number of para-hydroxylation sites is 1. The maximum atomic E-state index is 13.4. The van der Waals surface area contributed by atoms with Gasteiger partial charge in [-0.25, -0.2) is 4.79 Å². The first-order valence-electron chi connectivity index (χ1n) is 13.6. The van der Waals surface area contributed by atoms with Crippen molar-refractivity contribution in [2.24, 2.45) is 5.41 Å². The predicted octanol–water partition coefficient (Wildman–Crippen LogP) is 5.42. The third kappa shape index (κ3) is 6.04. The van der Waals surface area contributed by atoms with Crippen molar-refractivity contribution in [2.75, 3.05) is 20.2 Å². The van der Waals surface area contributed by atoms with Crippen LogP contribution in [0.4, 0.5) is 4.79 Å². The fourth-order valence-corrected chi connectivity index (χ4v) is 5.39. The van der Waals surface area contributed by atoms with E-state index >= 15 is 0 Å². The highest BCUT2D eigenvalue weighted by atomic mass is 16.6. The molecule has 7 heteroatoms. The van der Waals surface area contributed by atoms with Gasteiger partial charge in [-0.05, 0) is 57.2 Å². The summed E-state index contributed by atoms with van der Waals surface area (Å²) in [6.07, 6.45) is 5.19. The van der Waals surface area contributed by atoms with Crippen molar-refractivity contribution < 1.29 is 19.1 Å². The Bertz CT molecular complexity index is 1280. The molecule has 0 aliphatic heterocycles. The van der Waals surface area contributed by atoms with Crippen molar-refractivity contribution in [1.82, 2.24) is 15.2 Å². The number of carbonyl (C=O) groups is 2. The van der Waals surface area contributed by atoms with Gasteiger partial charge in [0.05, 0.1) is 7.11 Å². The summed E-state index contributed by atoms with van der Waals surface area (Å²) in [4.78, 5) is 31.3. The molecule has 0 bridgehead atoms. The number of nitrogens with zero attached hydrogens (tertiary/aromatic N) is 1. The molecule has 0 unspecified atom stereocenters. The Morgan fingerprint density at radius 2 is 1.82 bits per heavy atom. The Hall–Kier alpha value is -3.32. The van der Waals surface area contributed by atoms with E-state index in [0.29, 0.717) is 25.4 Å². The first kappa shape index (κ1) is 26.3. The second-order valence-corrected chi connectivity index (χ2v) is 11.9.